The highest BCUT2D eigenvalue weighted by molar-refractivity contribution is 8.20. The number of hydrogen-bond donors (Lipinski definition) is 0. The zero-order chi connectivity index (χ0) is 12.1. The Kier molecular flexibility index (Phi) is 5.06. The van der Waals surface area contributed by atoms with E-state index in [0.717, 1.165) is 17.0 Å². The highest BCUT2D eigenvalue weighted by Crippen LogP contribution is 2.33. The summed E-state index contributed by atoms with van der Waals surface area (Å²) < 4.78 is 0.368. The first-order valence-electron chi connectivity index (χ1n) is 5.29. The molecule has 0 saturated carbocycles. The van der Waals surface area contributed by atoms with Gasteiger partial charge >= 0.3 is 0 Å². The van der Waals surface area contributed by atoms with Gasteiger partial charge in [0.15, 0.2) is 0 Å². The fourth-order valence-corrected chi connectivity index (χ4v) is 4.65. The van der Waals surface area contributed by atoms with Gasteiger partial charge in [0.1, 0.15) is 4.71 Å². The predicted molar refractivity (Wildman–Crippen MR) is 78.5 cm³/mol. The van der Waals surface area contributed by atoms with Gasteiger partial charge in [0.25, 0.3) is 0 Å². The van der Waals surface area contributed by atoms with E-state index in [9.17, 15) is 4.79 Å². The Morgan fingerprint density at radius 3 is 2.82 bits per heavy atom. The van der Waals surface area contributed by atoms with Gasteiger partial charge in [0, 0.05) is 28.5 Å². The fourth-order valence-electron chi connectivity index (χ4n) is 1.43. The summed E-state index contributed by atoms with van der Waals surface area (Å²) in [7, 11) is 0. The van der Waals surface area contributed by atoms with E-state index in [1.165, 1.54) is 23.3 Å². The topological polar surface area (TPSA) is 53.2 Å². The molecule has 1 saturated heterocycles. The zero-order valence-electron chi connectivity index (χ0n) is 9.22. The molecule has 2 rings (SSSR count). The number of carbonyl (C=O) groups excluding carboxylic acids is 1. The minimum absolute atomic E-state index is 0.233. The molecule has 0 spiro atoms. The Morgan fingerprint density at radius 2 is 2.24 bits per heavy atom. The molecule has 91 valence electrons. The van der Waals surface area contributed by atoms with E-state index in [4.69, 9.17) is 5.73 Å². The average Bonchev–Trinajstić information content (AvgIpc) is 2.81. The molecule has 0 aromatic rings. The molecule has 0 atom stereocenters. The van der Waals surface area contributed by atoms with Crippen LogP contribution in [0.4, 0.5) is 0 Å². The number of hydrogen-bond acceptors (Lipinski definition) is 5. The first-order chi connectivity index (χ1) is 8.24. The van der Waals surface area contributed by atoms with Gasteiger partial charge in [-0.3, -0.25) is 15.5 Å². The van der Waals surface area contributed by atoms with E-state index >= 15 is 0 Å². The van der Waals surface area contributed by atoms with Gasteiger partial charge in [-0.05, 0) is 12.2 Å². The number of nitrogens with one attached hydrogen (secondary N) is 1. The third-order valence-electron chi connectivity index (χ3n) is 2.20. The van der Waals surface area contributed by atoms with Crippen molar-refractivity contribution in [2.45, 2.75) is 11.1 Å². The van der Waals surface area contributed by atoms with Crippen molar-refractivity contribution in [3.05, 3.63) is 23.1 Å². The summed E-state index contributed by atoms with van der Waals surface area (Å²) in [6.45, 7) is 0. The number of rotatable bonds is 4. The van der Waals surface area contributed by atoms with Gasteiger partial charge in [-0.15, -0.1) is 35.3 Å². The van der Waals surface area contributed by atoms with Crippen molar-refractivity contribution in [2.75, 3.05) is 17.3 Å². The summed E-state index contributed by atoms with van der Waals surface area (Å²) in [5, 5.41) is 0. The van der Waals surface area contributed by atoms with E-state index < -0.39 is 5.91 Å². The van der Waals surface area contributed by atoms with Crippen LogP contribution in [-0.2, 0) is 4.79 Å². The number of carbonyl (C=O) groups is 1. The predicted octanol–water partition coefficient (Wildman–Crippen LogP) is 2.58. The molecule has 0 aromatic carbocycles. The lowest BCUT2D eigenvalue weighted by Gasteiger charge is -2.09. The van der Waals surface area contributed by atoms with Gasteiger partial charge in [0.05, 0.1) is 5.75 Å². The smallest absolute Gasteiger partial charge is 0.248 e. The molecule has 1 aliphatic carbocycles. The first kappa shape index (κ1) is 13.1. The van der Waals surface area contributed by atoms with Crippen LogP contribution < -0.4 is 5.73 Å². The summed E-state index contributed by atoms with van der Waals surface area (Å²) in [4.78, 5) is 16.3. The quantitative estimate of drug-likeness (QED) is 0.796. The van der Waals surface area contributed by atoms with Gasteiger partial charge in [-0.2, -0.15) is 0 Å². The van der Waals surface area contributed by atoms with Gasteiger partial charge < -0.3 is 0 Å². The Hall–Kier alpha value is -0.330. The van der Waals surface area contributed by atoms with Crippen LogP contribution in [0, 0.1) is 0 Å². The third-order valence-corrected chi connectivity index (χ3v) is 5.98. The highest BCUT2D eigenvalue weighted by atomic mass is 32.2. The lowest BCUT2D eigenvalue weighted by atomic mass is 10.1. The van der Waals surface area contributed by atoms with Crippen molar-refractivity contribution in [3.8, 4) is 0 Å². The SMILES string of the molecule is [NH]C(=O)CSC1=CCC(=NC2SCCS2)C=C1. The highest BCUT2D eigenvalue weighted by Gasteiger charge is 2.15. The maximum Gasteiger partial charge on any atom is 0.248 e. The van der Waals surface area contributed by atoms with Gasteiger partial charge in [-0.25, -0.2) is 0 Å². The van der Waals surface area contributed by atoms with Crippen molar-refractivity contribution in [1.29, 1.82) is 0 Å². The molecule has 1 fully saturated rings. The maximum absolute atomic E-state index is 10.5. The minimum Gasteiger partial charge on any atom is -0.272 e. The zero-order valence-corrected chi connectivity index (χ0v) is 11.7. The largest absolute Gasteiger partial charge is 0.272 e. The van der Waals surface area contributed by atoms with Crippen LogP contribution in [0.5, 0.6) is 0 Å². The van der Waals surface area contributed by atoms with Crippen LogP contribution in [0.3, 0.4) is 0 Å². The molecule has 17 heavy (non-hydrogen) atoms. The Bertz CT molecular complexity index is 384. The molecule has 0 bridgehead atoms. The number of allylic oxidation sites excluding steroid dienone is 3. The molecule has 2 aliphatic rings. The third kappa shape index (κ3) is 4.44. The maximum atomic E-state index is 10.5. The monoisotopic (exact) mass is 285 g/mol. The van der Waals surface area contributed by atoms with E-state index in [-0.39, 0.29) is 5.75 Å². The molecular weight excluding hydrogens is 272 g/mol. The van der Waals surface area contributed by atoms with Crippen LogP contribution in [0.25, 0.3) is 0 Å². The van der Waals surface area contributed by atoms with Crippen LogP contribution in [0.2, 0.25) is 0 Å². The van der Waals surface area contributed by atoms with E-state index in [1.54, 1.807) is 0 Å². The van der Waals surface area contributed by atoms with Gasteiger partial charge in [0.2, 0.25) is 5.91 Å². The molecule has 1 aliphatic heterocycles. The van der Waals surface area contributed by atoms with E-state index in [1.807, 2.05) is 35.7 Å². The fraction of sp³-hybridized carbons (Fsp3) is 0.455. The van der Waals surface area contributed by atoms with Crippen molar-refractivity contribution < 1.29 is 4.79 Å². The summed E-state index contributed by atoms with van der Waals surface area (Å²) in [6, 6.07) is 0. The second-order valence-corrected chi connectivity index (χ2v) is 7.25. The van der Waals surface area contributed by atoms with Crippen LogP contribution >= 0.6 is 35.3 Å². The average molecular weight is 285 g/mol. The van der Waals surface area contributed by atoms with Crippen LogP contribution in [-0.4, -0.2) is 33.6 Å². The van der Waals surface area contributed by atoms with Crippen LogP contribution in [0.15, 0.2) is 28.1 Å². The van der Waals surface area contributed by atoms with E-state index in [2.05, 4.69) is 11.1 Å². The molecule has 6 heteroatoms. The lowest BCUT2D eigenvalue weighted by Crippen LogP contribution is -2.03. The molecule has 1 amide bonds. The lowest BCUT2D eigenvalue weighted by molar-refractivity contribution is -0.116. The molecule has 3 nitrogen and oxygen atoms in total. The van der Waals surface area contributed by atoms with E-state index in [0.29, 0.717) is 4.71 Å². The summed E-state index contributed by atoms with van der Waals surface area (Å²) in [5.41, 5.74) is 7.95. The van der Waals surface area contributed by atoms with Crippen LogP contribution in [0.1, 0.15) is 6.42 Å². The van der Waals surface area contributed by atoms with Crippen molar-refractivity contribution in [1.82, 2.24) is 5.73 Å². The Balaban J connectivity index is 1.84. The first-order valence-corrected chi connectivity index (χ1v) is 8.38. The molecule has 0 unspecified atom stereocenters. The van der Waals surface area contributed by atoms with Crippen molar-refractivity contribution in [2.24, 2.45) is 4.99 Å². The normalized spacial score (nSPS) is 23.1. The number of thioether (sulfide) groups is 3. The Labute approximate surface area is 114 Å². The standard InChI is InChI=1S/C11H13N2OS3/c12-10(14)7-17-9-3-1-8(2-4-9)13-11-15-5-6-16-11/h1,3-4,11-12H,2,5-7H2. The summed E-state index contributed by atoms with van der Waals surface area (Å²) in [5.74, 6) is 2.09. The summed E-state index contributed by atoms with van der Waals surface area (Å²) >= 11 is 5.22. The number of amides is 1. The second-order valence-electron chi connectivity index (χ2n) is 3.52. The number of aliphatic imine (C=N–C) groups is 1. The second kappa shape index (κ2) is 6.56. The molecule has 0 aromatic heterocycles. The van der Waals surface area contributed by atoms with Crippen molar-refractivity contribution >= 4 is 46.9 Å². The molecule has 1 N–H and O–H groups in total. The molecule has 1 radical (unpaired) electrons. The van der Waals surface area contributed by atoms with Crippen molar-refractivity contribution in [3.63, 3.8) is 0 Å². The Morgan fingerprint density at radius 1 is 1.47 bits per heavy atom. The summed E-state index contributed by atoms with van der Waals surface area (Å²) in [6.07, 6.45) is 6.93. The molecule has 1 heterocycles. The van der Waals surface area contributed by atoms with Gasteiger partial charge in [-0.1, -0.05) is 6.08 Å². The number of nitrogens with zero attached hydrogens (tertiary/aromatic N) is 1. The molecular formula is C11H13N2OS3. The minimum atomic E-state index is -0.525.